The van der Waals surface area contributed by atoms with E-state index in [0.29, 0.717) is 5.56 Å². The number of hydrogen-bond acceptors (Lipinski definition) is 14. The van der Waals surface area contributed by atoms with Crippen molar-refractivity contribution < 1.29 is 67.8 Å². The number of aliphatic hydroxyl groups is 3. The van der Waals surface area contributed by atoms with Gasteiger partial charge in [0.1, 0.15) is 23.9 Å². The Kier molecular flexibility index (Phi) is 11.8. The fourth-order valence-corrected chi connectivity index (χ4v) is 10.2. The molecule has 3 aromatic carbocycles. The van der Waals surface area contributed by atoms with Crippen LogP contribution < -0.4 is 5.32 Å². The lowest BCUT2D eigenvalue weighted by Crippen LogP contribution is -2.82. The highest BCUT2D eigenvalue weighted by Crippen LogP contribution is 2.64. The van der Waals surface area contributed by atoms with E-state index < -0.39 is 113 Å². The Balaban J connectivity index is 1.39. The number of fused-ring (bicyclic) bond motifs is 5. The highest BCUT2D eigenvalue weighted by molar-refractivity contribution is 5.96. The Morgan fingerprint density at radius 3 is 1.95 bits per heavy atom. The Bertz CT molecular complexity index is 2280. The Hall–Kier alpha value is -5.74. The molecule has 0 radical (unpaired) electrons. The summed E-state index contributed by atoms with van der Waals surface area (Å²) in [5.74, 6) is -6.84. The van der Waals surface area contributed by atoms with Crippen LogP contribution in [0.3, 0.4) is 0 Å². The first kappa shape index (κ1) is 44.3. The second-order valence-electron chi connectivity index (χ2n) is 17.4. The highest BCUT2D eigenvalue weighted by atomic mass is 16.6. The number of hydrogen-bond donors (Lipinski definition) is 4. The van der Waals surface area contributed by atoms with Crippen molar-refractivity contribution in [2.24, 2.45) is 16.7 Å². The van der Waals surface area contributed by atoms with Gasteiger partial charge in [-0.15, -0.1) is 0 Å². The molecule has 3 fully saturated rings. The molecule has 3 aliphatic carbocycles. The van der Waals surface area contributed by atoms with E-state index in [-0.39, 0.29) is 35.3 Å². The number of aliphatic hydroxyl groups excluding tert-OH is 2. The molecule has 62 heavy (non-hydrogen) atoms. The average molecular weight is 854 g/mol. The van der Waals surface area contributed by atoms with Gasteiger partial charge in [0.25, 0.3) is 5.91 Å². The van der Waals surface area contributed by atoms with Crippen LogP contribution in [0, 0.1) is 16.7 Å². The number of carbonyl (C=O) groups is 6. The molecule has 4 N–H and O–H groups in total. The van der Waals surface area contributed by atoms with Crippen molar-refractivity contribution in [1.29, 1.82) is 0 Å². The van der Waals surface area contributed by atoms with Gasteiger partial charge in [-0.25, -0.2) is 9.59 Å². The molecule has 328 valence electrons. The molecule has 0 aromatic heterocycles. The minimum absolute atomic E-state index is 0.00289. The predicted molar refractivity (Wildman–Crippen MR) is 218 cm³/mol. The lowest BCUT2D eigenvalue weighted by atomic mass is 9.44. The Labute approximate surface area is 358 Å². The van der Waals surface area contributed by atoms with Gasteiger partial charge < -0.3 is 44.3 Å². The third-order valence-corrected chi connectivity index (χ3v) is 13.5. The van der Waals surface area contributed by atoms with Crippen molar-refractivity contribution in [3.05, 3.63) is 119 Å². The summed E-state index contributed by atoms with van der Waals surface area (Å²) in [5, 5.41) is 40.2. The first-order chi connectivity index (χ1) is 29.3. The van der Waals surface area contributed by atoms with Crippen LogP contribution in [0.2, 0.25) is 0 Å². The predicted octanol–water partition coefficient (Wildman–Crippen LogP) is 3.74. The number of nitrogens with one attached hydrogen (secondary N) is 1. The van der Waals surface area contributed by atoms with Gasteiger partial charge >= 0.3 is 23.9 Å². The summed E-state index contributed by atoms with van der Waals surface area (Å²) < 4.78 is 30.3. The molecule has 2 saturated carbocycles. The summed E-state index contributed by atoms with van der Waals surface area (Å²) in [6, 6.07) is 22.9. The van der Waals surface area contributed by atoms with Gasteiger partial charge in [-0.2, -0.15) is 0 Å². The highest BCUT2D eigenvalue weighted by Gasteiger charge is 2.78. The molecule has 1 amide bonds. The van der Waals surface area contributed by atoms with Crippen LogP contribution in [-0.2, 0) is 42.9 Å². The van der Waals surface area contributed by atoms with Gasteiger partial charge in [-0.05, 0) is 54.8 Å². The third-order valence-electron chi connectivity index (χ3n) is 13.5. The largest absolute Gasteiger partial charge is 0.456 e. The van der Waals surface area contributed by atoms with Gasteiger partial charge in [-0.1, -0.05) is 80.6 Å². The van der Waals surface area contributed by atoms with E-state index >= 15 is 4.79 Å². The standard InChI is InChI=1S/C47H51NO14/c1-25-31(60-43(56)36(52)35(28-16-10-7-11-17-28)48-41(54)29-18-12-8-13-19-29)23-47(57)40(61-42(55)30-20-14-9-15-21-30)38-45(6,32(51)22-33-46(38,24-58-33)62-27(3)50)39(53)37(59-26(2)49)34(25)44(47,4)5/h7-21,31-33,35-38,40,51-52,57H,22-24H2,1-6H3,(H,48,54)/t31-,32+,33-,35+,36+,37+,38?,40-,45-,46?,47-/m1/s1. The van der Waals surface area contributed by atoms with E-state index in [1.807, 2.05) is 0 Å². The van der Waals surface area contributed by atoms with Crippen molar-refractivity contribution in [2.75, 3.05) is 6.61 Å². The zero-order valence-electron chi connectivity index (χ0n) is 35.2. The zero-order chi connectivity index (χ0) is 44.9. The molecule has 1 heterocycles. The van der Waals surface area contributed by atoms with Crippen molar-refractivity contribution in [3.63, 3.8) is 0 Å². The van der Waals surface area contributed by atoms with Crippen molar-refractivity contribution in [2.45, 2.75) is 108 Å². The number of ether oxygens (including phenoxy) is 5. The van der Waals surface area contributed by atoms with Crippen LogP contribution >= 0.6 is 0 Å². The SMILES string of the molecule is CC(=O)O[C@@H]1C(=O)[C@@]2(C)C([C@@H](OC(=O)c3ccccc3)[C@]3(O)C[C@@H](OC(=O)[C@@H](O)[C@@H](NC(=O)c4ccccc4)c4ccccc4)C(C)=C1C3(C)C)C1(OC(C)=O)CO[C@@H]1C[C@@H]2O. The summed E-state index contributed by atoms with van der Waals surface area (Å²) in [6.45, 7) is 7.97. The topological polar surface area (TPSA) is 221 Å². The van der Waals surface area contributed by atoms with Crippen LogP contribution in [0.25, 0.3) is 0 Å². The van der Waals surface area contributed by atoms with Crippen molar-refractivity contribution >= 4 is 35.6 Å². The van der Waals surface area contributed by atoms with E-state index in [0.717, 1.165) is 13.8 Å². The first-order valence-electron chi connectivity index (χ1n) is 20.5. The molecule has 1 saturated heterocycles. The fraction of sp³-hybridized carbons (Fsp3) is 0.447. The van der Waals surface area contributed by atoms with Gasteiger partial charge in [0.15, 0.2) is 23.6 Å². The second-order valence-corrected chi connectivity index (χ2v) is 17.4. The van der Waals surface area contributed by atoms with E-state index in [9.17, 15) is 39.3 Å². The molecule has 4 aliphatic rings. The quantitative estimate of drug-likeness (QED) is 0.130. The molecular weight excluding hydrogens is 803 g/mol. The molecule has 11 atom stereocenters. The number of ketones is 1. The lowest BCUT2D eigenvalue weighted by molar-refractivity contribution is -0.346. The maximum absolute atomic E-state index is 15.5. The molecular formula is C47H51NO14. The Morgan fingerprint density at radius 1 is 0.823 bits per heavy atom. The number of rotatable bonds is 10. The van der Waals surface area contributed by atoms with Crippen molar-refractivity contribution in [1.82, 2.24) is 5.32 Å². The summed E-state index contributed by atoms with van der Waals surface area (Å²) in [5.41, 5.74) is -7.02. The normalized spacial score (nSPS) is 31.9. The van der Waals surface area contributed by atoms with Crippen molar-refractivity contribution in [3.8, 4) is 0 Å². The van der Waals surface area contributed by atoms with Crippen LogP contribution in [0.15, 0.2) is 102 Å². The third kappa shape index (κ3) is 7.29. The first-order valence-corrected chi connectivity index (χ1v) is 20.5. The molecule has 15 nitrogen and oxygen atoms in total. The average Bonchev–Trinajstić information content (AvgIpc) is 3.24. The molecule has 2 bridgehead atoms. The number of carbonyl (C=O) groups excluding carboxylic acids is 6. The number of amides is 1. The van der Waals surface area contributed by atoms with Gasteiger partial charge in [0.05, 0.1) is 35.6 Å². The van der Waals surface area contributed by atoms with Gasteiger partial charge in [0.2, 0.25) is 0 Å². The molecule has 0 spiro atoms. The molecule has 2 unspecified atom stereocenters. The van der Waals surface area contributed by atoms with Crippen LogP contribution in [0.4, 0.5) is 0 Å². The smallest absolute Gasteiger partial charge is 0.338 e. The summed E-state index contributed by atoms with van der Waals surface area (Å²) in [7, 11) is 0. The van der Waals surface area contributed by atoms with Gasteiger partial charge in [0, 0.05) is 37.7 Å². The van der Waals surface area contributed by atoms with E-state index in [4.69, 9.17) is 23.7 Å². The zero-order valence-corrected chi connectivity index (χ0v) is 35.2. The minimum Gasteiger partial charge on any atom is -0.456 e. The van der Waals surface area contributed by atoms with Crippen LogP contribution in [0.5, 0.6) is 0 Å². The minimum atomic E-state index is -2.39. The second kappa shape index (κ2) is 16.5. The lowest BCUT2D eigenvalue weighted by Gasteiger charge is -2.67. The maximum Gasteiger partial charge on any atom is 0.338 e. The fourth-order valence-electron chi connectivity index (χ4n) is 10.2. The molecule has 7 rings (SSSR count). The number of Topliss-reactive ketones (excluding diaryl/α,β-unsaturated/α-hetero) is 1. The van der Waals surface area contributed by atoms with Crippen LogP contribution in [0.1, 0.15) is 86.7 Å². The summed E-state index contributed by atoms with van der Waals surface area (Å²) >= 11 is 0. The monoisotopic (exact) mass is 853 g/mol. The molecule has 1 aliphatic heterocycles. The van der Waals surface area contributed by atoms with Crippen LogP contribution in [-0.4, -0.2) is 105 Å². The number of benzene rings is 3. The molecule has 3 aromatic rings. The summed E-state index contributed by atoms with van der Waals surface area (Å²) in [6.07, 6.45) is -10.5. The van der Waals surface area contributed by atoms with Gasteiger partial charge in [-0.3, -0.25) is 19.2 Å². The van der Waals surface area contributed by atoms with E-state index in [1.165, 1.54) is 26.0 Å². The molecule has 15 heteroatoms. The number of esters is 4. The Morgan fingerprint density at radius 2 is 1.40 bits per heavy atom. The summed E-state index contributed by atoms with van der Waals surface area (Å²) in [4.78, 5) is 83.5. The maximum atomic E-state index is 15.5. The van der Waals surface area contributed by atoms with E-state index in [1.54, 1.807) is 92.7 Å². The van der Waals surface area contributed by atoms with E-state index in [2.05, 4.69) is 5.32 Å².